The fraction of sp³-hybridized carbons (Fsp3) is 0.818. The van der Waals surface area contributed by atoms with Crippen molar-refractivity contribution in [3.05, 3.63) is 0 Å². The zero-order chi connectivity index (χ0) is 11.6. The summed E-state index contributed by atoms with van der Waals surface area (Å²) < 4.78 is 0. The van der Waals surface area contributed by atoms with Gasteiger partial charge in [-0.1, -0.05) is 6.92 Å². The fourth-order valence-electron chi connectivity index (χ4n) is 2.61. The Hall–Kier alpha value is -1.10. The average Bonchev–Trinajstić information content (AvgIpc) is 2.41. The molecule has 1 atom stereocenters. The van der Waals surface area contributed by atoms with E-state index in [1.165, 1.54) is 0 Å². The molecule has 2 fully saturated rings. The summed E-state index contributed by atoms with van der Waals surface area (Å²) in [6.45, 7) is 5.15. The van der Waals surface area contributed by atoms with Crippen LogP contribution in [-0.2, 0) is 4.79 Å². The van der Waals surface area contributed by atoms with E-state index in [0.717, 1.165) is 45.3 Å². The Kier molecular flexibility index (Phi) is 3.14. The molecule has 0 aromatic heterocycles. The normalized spacial score (nSPS) is 31.3. The number of nitrogens with zero attached hydrogens (tertiary/aromatic N) is 1. The maximum atomic E-state index is 11.8. The van der Waals surface area contributed by atoms with Crippen molar-refractivity contribution >= 4 is 11.9 Å². The van der Waals surface area contributed by atoms with E-state index < -0.39 is 5.54 Å². The van der Waals surface area contributed by atoms with Crippen LogP contribution in [0.25, 0.3) is 0 Å². The molecule has 2 heterocycles. The van der Waals surface area contributed by atoms with Crippen LogP contribution in [0, 0.1) is 0 Å². The highest BCUT2D eigenvalue weighted by atomic mass is 16.2. The van der Waals surface area contributed by atoms with Gasteiger partial charge in [-0.05, 0) is 38.8 Å². The SMILES string of the molecule is CCCN1CCCC2(CC1)NC(=O)NC2=O. The summed E-state index contributed by atoms with van der Waals surface area (Å²) in [5.74, 6) is -0.143. The van der Waals surface area contributed by atoms with E-state index in [0.29, 0.717) is 0 Å². The number of carbonyl (C=O) groups excluding carboxylic acids is 2. The third-order valence-electron chi connectivity index (χ3n) is 3.49. The molecule has 2 saturated heterocycles. The molecule has 5 heteroatoms. The van der Waals surface area contributed by atoms with Gasteiger partial charge in [-0.2, -0.15) is 0 Å². The number of amides is 3. The Bertz CT molecular complexity index is 306. The quantitative estimate of drug-likeness (QED) is 0.671. The van der Waals surface area contributed by atoms with Crippen molar-refractivity contribution in [3.63, 3.8) is 0 Å². The van der Waals surface area contributed by atoms with E-state index in [-0.39, 0.29) is 11.9 Å². The lowest BCUT2D eigenvalue weighted by Crippen LogP contribution is -2.47. The Balaban J connectivity index is 2.02. The van der Waals surface area contributed by atoms with Gasteiger partial charge in [-0.3, -0.25) is 10.1 Å². The first-order valence-electron chi connectivity index (χ1n) is 6.02. The number of rotatable bonds is 2. The zero-order valence-electron chi connectivity index (χ0n) is 9.71. The smallest absolute Gasteiger partial charge is 0.322 e. The Morgan fingerprint density at radius 2 is 2.12 bits per heavy atom. The van der Waals surface area contributed by atoms with Crippen molar-refractivity contribution < 1.29 is 9.59 Å². The van der Waals surface area contributed by atoms with Crippen LogP contribution < -0.4 is 10.6 Å². The van der Waals surface area contributed by atoms with Crippen LogP contribution in [0.2, 0.25) is 0 Å². The first kappa shape index (κ1) is 11.4. The molecule has 2 N–H and O–H groups in total. The zero-order valence-corrected chi connectivity index (χ0v) is 9.71. The van der Waals surface area contributed by atoms with Crippen molar-refractivity contribution in [2.24, 2.45) is 0 Å². The maximum absolute atomic E-state index is 11.8. The molecule has 0 saturated carbocycles. The molecule has 3 amide bonds. The van der Waals surface area contributed by atoms with E-state index in [1.807, 2.05) is 0 Å². The molecule has 2 aliphatic heterocycles. The molecule has 90 valence electrons. The monoisotopic (exact) mass is 225 g/mol. The van der Waals surface area contributed by atoms with Crippen molar-refractivity contribution in [2.75, 3.05) is 19.6 Å². The van der Waals surface area contributed by atoms with Crippen LogP contribution in [-0.4, -0.2) is 42.0 Å². The maximum Gasteiger partial charge on any atom is 0.322 e. The molecule has 0 aromatic rings. The van der Waals surface area contributed by atoms with Gasteiger partial charge in [0.15, 0.2) is 0 Å². The van der Waals surface area contributed by atoms with E-state index in [1.54, 1.807) is 0 Å². The Morgan fingerprint density at radius 1 is 1.31 bits per heavy atom. The van der Waals surface area contributed by atoms with Gasteiger partial charge < -0.3 is 10.2 Å². The second-order valence-electron chi connectivity index (χ2n) is 4.69. The number of nitrogens with one attached hydrogen (secondary N) is 2. The molecular formula is C11H19N3O2. The Morgan fingerprint density at radius 3 is 2.75 bits per heavy atom. The Labute approximate surface area is 95.6 Å². The summed E-state index contributed by atoms with van der Waals surface area (Å²) in [6, 6.07) is -0.339. The van der Waals surface area contributed by atoms with Gasteiger partial charge in [0.05, 0.1) is 0 Å². The molecule has 1 unspecified atom stereocenters. The van der Waals surface area contributed by atoms with Crippen molar-refractivity contribution in [2.45, 2.75) is 38.1 Å². The van der Waals surface area contributed by atoms with Crippen LogP contribution in [0.4, 0.5) is 4.79 Å². The van der Waals surface area contributed by atoms with E-state index >= 15 is 0 Å². The molecule has 2 rings (SSSR count). The van der Waals surface area contributed by atoms with Gasteiger partial charge in [-0.25, -0.2) is 4.79 Å². The number of likely N-dealkylation sites (tertiary alicyclic amines) is 1. The first-order valence-corrected chi connectivity index (χ1v) is 6.02. The number of hydrogen-bond donors (Lipinski definition) is 2. The first-order chi connectivity index (χ1) is 7.66. The number of imide groups is 1. The molecule has 16 heavy (non-hydrogen) atoms. The largest absolute Gasteiger partial charge is 0.323 e. The number of hydrogen-bond acceptors (Lipinski definition) is 3. The summed E-state index contributed by atoms with van der Waals surface area (Å²) in [6.07, 6.45) is 3.58. The van der Waals surface area contributed by atoms with Crippen LogP contribution in [0.5, 0.6) is 0 Å². The molecule has 0 radical (unpaired) electrons. The van der Waals surface area contributed by atoms with Crippen LogP contribution in [0.15, 0.2) is 0 Å². The van der Waals surface area contributed by atoms with E-state index in [4.69, 9.17) is 0 Å². The van der Waals surface area contributed by atoms with Crippen molar-refractivity contribution in [3.8, 4) is 0 Å². The minimum Gasteiger partial charge on any atom is -0.323 e. The van der Waals surface area contributed by atoms with Crippen LogP contribution in [0.3, 0.4) is 0 Å². The fourth-order valence-corrected chi connectivity index (χ4v) is 2.61. The van der Waals surface area contributed by atoms with Gasteiger partial charge in [-0.15, -0.1) is 0 Å². The summed E-state index contributed by atoms with van der Waals surface area (Å²) in [5.41, 5.74) is -0.625. The van der Waals surface area contributed by atoms with Gasteiger partial charge >= 0.3 is 6.03 Å². The highest BCUT2D eigenvalue weighted by Crippen LogP contribution is 2.25. The number of urea groups is 1. The molecule has 0 bridgehead atoms. The molecule has 5 nitrogen and oxygen atoms in total. The minimum atomic E-state index is -0.625. The van der Waals surface area contributed by atoms with Gasteiger partial charge in [0.1, 0.15) is 5.54 Å². The molecule has 0 aromatic carbocycles. The lowest BCUT2D eigenvalue weighted by Gasteiger charge is -2.24. The highest BCUT2D eigenvalue weighted by Gasteiger charge is 2.46. The summed E-state index contributed by atoms with van der Waals surface area (Å²) in [5, 5.41) is 5.14. The predicted octanol–water partition coefficient (Wildman–Crippen LogP) is 0.461. The molecular weight excluding hydrogens is 206 g/mol. The standard InChI is InChI=1S/C11H19N3O2/c1-2-6-14-7-3-4-11(5-8-14)9(15)12-10(16)13-11/h2-8H2,1H3,(H2,12,13,15,16). The highest BCUT2D eigenvalue weighted by molar-refractivity contribution is 6.07. The molecule has 2 aliphatic rings. The van der Waals surface area contributed by atoms with E-state index in [2.05, 4.69) is 22.5 Å². The summed E-state index contributed by atoms with van der Waals surface area (Å²) >= 11 is 0. The second-order valence-corrected chi connectivity index (χ2v) is 4.69. The van der Waals surface area contributed by atoms with Gasteiger partial charge in [0.25, 0.3) is 5.91 Å². The van der Waals surface area contributed by atoms with Crippen molar-refractivity contribution in [1.29, 1.82) is 0 Å². The van der Waals surface area contributed by atoms with E-state index in [9.17, 15) is 9.59 Å². The summed E-state index contributed by atoms with van der Waals surface area (Å²) in [4.78, 5) is 25.3. The lowest BCUT2D eigenvalue weighted by atomic mass is 9.91. The van der Waals surface area contributed by atoms with Gasteiger partial charge in [0.2, 0.25) is 0 Å². The van der Waals surface area contributed by atoms with Gasteiger partial charge in [0, 0.05) is 6.54 Å². The molecule has 1 spiro atoms. The molecule has 0 aliphatic carbocycles. The predicted molar refractivity (Wildman–Crippen MR) is 60.0 cm³/mol. The second kappa shape index (κ2) is 4.41. The lowest BCUT2D eigenvalue weighted by molar-refractivity contribution is -0.124. The summed E-state index contributed by atoms with van der Waals surface area (Å²) in [7, 11) is 0. The van der Waals surface area contributed by atoms with Crippen molar-refractivity contribution in [1.82, 2.24) is 15.5 Å². The third-order valence-corrected chi connectivity index (χ3v) is 3.49. The third kappa shape index (κ3) is 2.04. The number of carbonyl (C=O) groups is 2. The van der Waals surface area contributed by atoms with Crippen LogP contribution in [0.1, 0.15) is 32.6 Å². The topological polar surface area (TPSA) is 61.4 Å². The van der Waals surface area contributed by atoms with Crippen LogP contribution >= 0.6 is 0 Å². The minimum absolute atomic E-state index is 0.143. The average molecular weight is 225 g/mol.